The summed E-state index contributed by atoms with van der Waals surface area (Å²) in [6.45, 7) is 2.08. The summed E-state index contributed by atoms with van der Waals surface area (Å²) in [5.41, 5.74) is 4.51. The van der Waals surface area contributed by atoms with Crippen molar-refractivity contribution in [2.75, 3.05) is 0 Å². The SMILES string of the molecule is C[C@H](NC(=O)Cn1ncc(=O)c2ccccc21)c1ccc2c(c1)CCCC2. The molecule has 1 atom stereocenters. The van der Waals surface area contributed by atoms with Gasteiger partial charge in [-0.05, 0) is 61.4 Å². The highest BCUT2D eigenvalue weighted by molar-refractivity contribution is 5.81. The Labute approximate surface area is 158 Å². The van der Waals surface area contributed by atoms with E-state index in [2.05, 4.69) is 28.6 Å². The molecule has 0 spiro atoms. The number of fused-ring (bicyclic) bond motifs is 2. The zero-order valence-electron chi connectivity index (χ0n) is 15.4. The quantitative estimate of drug-likeness (QED) is 0.776. The maximum atomic E-state index is 12.6. The lowest BCUT2D eigenvalue weighted by Crippen LogP contribution is -2.31. The van der Waals surface area contributed by atoms with Gasteiger partial charge in [-0.3, -0.25) is 14.3 Å². The number of benzene rings is 2. The highest BCUT2D eigenvalue weighted by Crippen LogP contribution is 2.24. The minimum atomic E-state index is -0.135. The predicted molar refractivity (Wildman–Crippen MR) is 106 cm³/mol. The molecule has 0 unspecified atom stereocenters. The zero-order valence-corrected chi connectivity index (χ0v) is 15.4. The van der Waals surface area contributed by atoms with Gasteiger partial charge in [-0.1, -0.05) is 30.3 Å². The van der Waals surface area contributed by atoms with E-state index < -0.39 is 0 Å². The molecule has 1 aromatic heterocycles. The molecule has 1 N–H and O–H groups in total. The van der Waals surface area contributed by atoms with Crippen molar-refractivity contribution >= 4 is 16.8 Å². The van der Waals surface area contributed by atoms with Crippen molar-refractivity contribution < 1.29 is 4.79 Å². The van der Waals surface area contributed by atoms with Crippen LogP contribution in [0.25, 0.3) is 10.9 Å². The van der Waals surface area contributed by atoms with Crippen LogP contribution in [-0.2, 0) is 24.2 Å². The van der Waals surface area contributed by atoms with Crippen LogP contribution in [0.3, 0.4) is 0 Å². The van der Waals surface area contributed by atoms with E-state index in [1.807, 2.05) is 25.1 Å². The van der Waals surface area contributed by atoms with Gasteiger partial charge in [0.2, 0.25) is 11.3 Å². The Balaban J connectivity index is 1.50. The van der Waals surface area contributed by atoms with Crippen LogP contribution in [0.15, 0.2) is 53.5 Å². The van der Waals surface area contributed by atoms with E-state index in [1.54, 1.807) is 10.7 Å². The Morgan fingerprint density at radius 2 is 1.93 bits per heavy atom. The highest BCUT2D eigenvalue weighted by atomic mass is 16.2. The van der Waals surface area contributed by atoms with Crippen molar-refractivity contribution in [3.8, 4) is 0 Å². The molecule has 1 aliphatic carbocycles. The van der Waals surface area contributed by atoms with Crippen molar-refractivity contribution in [3.05, 3.63) is 75.6 Å². The van der Waals surface area contributed by atoms with E-state index in [-0.39, 0.29) is 23.9 Å². The topological polar surface area (TPSA) is 64.0 Å². The van der Waals surface area contributed by atoms with Gasteiger partial charge in [0.1, 0.15) is 6.54 Å². The predicted octanol–water partition coefficient (Wildman–Crippen LogP) is 3.15. The van der Waals surface area contributed by atoms with Gasteiger partial charge in [-0.25, -0.2) is 0 Å². The van der Waals surface area contributed by atoms with Crippen molar-refractivity contribution in [2.45, 2.75) is 45.2 Å². The molecule has 1 amide bonds. The largest absolute Gasteiger partial charge is 0.348 e. The first kappa shape index (κ1) is 17.5. The lowest BCUT2D eigenvalue weighted by atomic mass is 9.89. The number of nitrogens with zero attached hydrogens (tertiary/aromatic N) is 2. The van der Waals surface area contributed by atoms with Crippen LogP contribution in [0.1, 0.15) is 42.5 Å². The number of para-hydroxylation sites is 1. The maximum absolute atomic E-state index is 12.6. The third-order valence-electron chi connectivity index (χ3n) is 5.31. The fraction of sp³-hybridized carbons (Fsp3) is 0.318. The summed E-state index contributed by atoms with van der Waals surface area (Å²) in [7, 11) is 0. The molecular weight excluding hydrogens is 338 g/mol. The summed E-state index contributed by atoms with van der Waals surface area (Å²) < 4.78 is 1.58. The number of nitrogens with one attached hydrogen (secondary N) is 1. The third-order valence-corrected chi connectivity index (χ3v) is 5.31. The van der Waals surface area contributed by atoms with Gasteiger partial charge < -0.3 is 5.32 Å². The van der Waals surface area contributed by atoms with Crippen LogP contribution >= 0.6 is 0 Å². The number of aromatic nitrogens is 2. The van der Waals surface area contributed by atoms with Gasteiger partial charge in [0.25, 0.3) is 0 Å². The maximum Gasteiger partial charge on any atom is 0.242 e. The number of amides is 1. The van der Waals surface area contributed by atoms with Gasteiger partial charge in [0.15, 0.2) is 0 Å². The molecule has 3 aromatic rings. The van der Waals surface area contributed by atoms with Gasteiger partial charge in [0.05, 0.1) is 17.8 Å². The summed E-state index contributed by atoms with van der Waals surface area (Å²) in [5.74, 6) is -0.124. The standard InChI is InChI=1S/C22H23N3O2/c1-15(17-11-10-16-6-2-3-7-18(16)12-17)24-22(27)14-25-20-9-5-4-8-19(20)21(26)13-23-25/h4-5,8-13,15H,2-3,6-7,14H2,1H3,(H,24,27)/t15-/m0/s1. The van der Waals surface area contributed by atoms with Crippen LogP contribution in [0, 0.1) is 0 Å². The number of rotatable bonds is 4. The third kappa shape index (κ3) is 3.63. The monoisotopic (exact) mass is 361 g/mol. The van der Waals surface area contributed by atoms with Crippen LogP contribution in [0.2, 0.25) is 0 Å². The first-order chi connectivity index (χ1) is 13.1. The lowest BCUT2D eigenvalue weighted by molar-refractivity contribution is -0.122. The summed E-state index contributed by atoms with van der Waals surface area (Å²) in [6, 6.07) is 13.7. The van der Waals surface area contributed by atoms with E-state index >= 15 is 0 Å². The molecule has 0 aliphatic heterocycles. The van der Waals surface area contributed by atoms with E-state index in [0.29, 0.717) is 10.9 Å². The average molecular weight is 361 g/mol. The number of aryl methyl sites for hydroxylation is 2. The summed E-state index contributed by atoms with van der Waals surface area (Å²) in [5, 5.41) is 7.75. The molecule has 1 aliphatic rings. The van der Waals surface area contributed by atoms with Crippen LogP contribution < -0.4 is 10.7 Å². The Morgan fingerprint density at radius 1 is 1.15 bits per heavy atom. The molecule has 0 bridgehead atoms. The molecular formula is C22H23N3O2. The molecule has 138 valence electrons. The second-order valence-electron chi connectivity index (χ2n) is 7.21. The van der Waals surface area contributed by atoms with Gasteiger partial charge in [0, 0.05) is 5.39 Å². The zero-order chi connectivity index (χ0) is 18.8. The van der Waals surface area contributed by atoms with Crippen LogP contribution in [-0.4, -0.2) is 15.7 Å². The molecule has 2 aromatic carbocycles. The number of hydrogen-bond acceptors (Lipinski definition) is 3. The summed E-state index contributed by atoms with van der Waals surface area (Å²) in [4.78, 5) is 24.5. The van der Waals surface area contributed by atoms with Crippen molar-refractivity contribution in [1.29, 1.82) is 0 Å². The fourth-order valence-corrected chi connectivity index (χ4v) is 3.82. The molecule has 27 heavy (non-hydrogen) atoms. The Hall–Kier alpha value is -2.95. The van der Waals surface area contributed by atoms with E-state index in [9.17, 15) is 9.59 Å². The van der Waals surface area contributed by atoms with Gasteiger partial charge >= 0.3 is 0 Å². The van der Waals surface area contributed by atoms with Crippen molar-refractivity contribution in [1.82, 2.24) is 15.1 Å². The molecule has 1 heterocycles. The molecule has 0 saturated carbocycles. The minimum Gasteiger partial charge on any atom is -0.348 e. The van der Waals surface area contributed by atoms with E-state index in [0.717, 1.165) is 18.4 Å². The Morgan fingerprint density at radius 3 is 2.78 bits per heavy atom. The number of carbonyl (C=O) groups is 1. The van der Waals surface area contributed by atoms with Crippen LogP contribution in [0.4, 0.5) is 0 Å². The van der Waals surface area contributed by atoms with E-state index in [4.69, 9.17) is 0 Å². The van der Waals surface area contributed by atoms with Gasteiger partial charge in [-0.2, -0.15) is 5.10 Å². The summed E-state index contributed by atoms with van der Waals surface area (Å²) in [6.07, 6.45) is 6.04. The first-order valence-corrected chi connectivity index (χ1v) is 9.48. The summed E-state index contributed by atoms with van der Waals surface area (Å²) >= 11 is 0. The molecule has 4 rings (SSSR count). The van der Waals surface area contributed by atoms with Crippen LogP contribution in [0.5, 0.6) is 0 Å². The average Bonchev–Trinajstić information content (AvgIpc) is 2.70. The molecule has 0 saturated heterocycles. The second kappa shape index (κ2) is 7.35. The molecule has 0 radical (unpaired) electrons. The fourth-order valence-electron chi connectivity index (χ4n) is 3.82. The van der Waals surface area contributed by atoms with E-state index in [1.165, 1.54) is 30.2 Å². The molecule has 5 heteroatoms. The molecule has 0 fully saturated rings. The normalized spacial score (nSPS) is 14.6. The minimum absolute atomic E-state index is 0.0737. The lowest BCUT2D eigenvalue weighted by Gasteiger charge is -2.20. The second-order valence-corrected chi connectivity index (χ2v) is 7.21. The Kier molecular flexibility index (Phi) is 4.75. The highest BCUT2D eigenvalue weighted by Gasteiger charge is 2.15. The van der Waals surface area contributed by atoms with Crippen molar-refractivity contribution in [2.24, 2.45) is 0 Å². The van der Waals surface area contributed by atoms with Crippen molar-refractivity contribution in [3.63, 3.8) is 0 Å². The Bertz CT molecular complexity index is 1050. The molecule has 5 nitrogen and oxygen atoms in total. The first-order valence-electron chi connectivity index (χ1n) is 9.48. The number of hydrogen-bond donors (Lipinski definition) is 1. The van der Waals surface area contributed by atoms with Gasteiger partial charge in [-0.15, -0.1) is 0 Å². The smallest absolute Gasteiger partial charge is 0.242 e. The number of carbonyl (C=O) groups excluding carboxylic acids is 1.